The third kappa shape index (κ3) is 6.55. The number of hydrogen-bond donors (Lipinski definition) is 3. The minimum absolute atomic E-state index is 0.0314. The maximum absolute atomic E-state index is 12.8. The Morgan fingerprint density at radius 2 is 1.83 bits per heavy atom. The molecule has 3 N–H and O–H groups in total. The van der Waals surface area contributed by atoms with Crippen LogP contribution in [-0.2, 0) is 16.4 Å². The van der Waals surface area contributed by atoms with Crippen molar-refractivity contribution in [1.29, 1.82) is 0 Å². The van der Waals surface area contributed by atoms with Gasteiger partial charge in [0, 0.05) is 23.8 Å². The summed E-state index contributed by atoms with van der Waals surface area (Å²) in [6, 6.07) is 19.5. The van der Waals surface area contributed by atoms with Gasteiger partial charge in [-0.3, -0.25) is 4.72 Å². The third-order valence-electron chi connectivity index (χ3n) is 6.14. The smallest absolute Gasteiger partial charge is 0.261 e. The van der Waals surface area contributed by atoms with E-state index in [0.29, 0.717) is 29.7 Å². The van der Waals surface area contributed by atoms with Gasteiger partial charge in [0.25, 0.3) is 10.0 Å². The zero-order valence-corrected chi connectivity index (χ0v) is 21.4. The highest BCUT2D eigenvalue weighted by Gasteiger charge is 2.22. The van der Waals surface area contributed by atoms with Crippen molar-refractivity contribution in [2.75, 3.05) is 17.8 Å². The summed E-state index contributed by atoms with van der Waals surface area (Å²) in [6.07, 6.45) is 0.884. The molecule has 1 heterocycles. The molecular weight excluding hydrogens is 484 g/mol. The van der Waals surface area contributed by atoms with Crippen molar-refractivity contribution < 1.29 is 18.3 Å². The van der Waals surface area contributed by atoms with Crippen molar-refractivity contribution in [3.8, 4) is 5.75 Å². The zero-order valence-electron chi connectivity index (χ0n) is 19.9. The van der Waals surface area contributed by atoms with Crippen LogP contribution in [0, 0.1) is 0 Å². The molecule has 0 amide bonds. The van der Waals surface area contributed by atoms with Gasteiger partial charge >= 0.3 is 0 Å². The second-order valence-corrected chi connectivity index (χ2v) is 11.3. The van der Waals surface area contributed by atoms with Crippen molar-refractivity contribution in [1.82, 2.24) is 5.32 Å². The molecule has 2 atom stereocenters. The number of fused-ring (bicyclic) bond motifs is 1. The minimum Gasteiger partial charge on any atom is -0.489 e. The summed E-state index contributed by atoms with van der Waals surface area (Å²) in [4.78, 5) is 0.238. The van der Waals surface area contributed by atoms with E-state index < -0.39 is 16.1 Å². The second-order valence-electron chi connectivity index (χ2n) is 9.16. The van der Waals surface area contributed by atoms with Gasteiger partial charge in [-0.05, 0) is 77.9 Å². The first-order chi connectivity index (χ1) is 16.7. The number of hydrogen-bond acceptors (Lipinski definition) is 5. The summed E-state index contributed by atoms with van der Waals surface area (Å²) in [6.45, 7) is 5.13. The van der Waals surface area contributed by atoms with E-state index in [2.05, 4.69) is 23.9 Å². The minimum atomic E-state index is -3.67. The molecule has 0 saturated heterocycles. The first kappa shape index (κ1) is 25.5. The molecule has 8 heteroatoms. The summed E-state index contributed by atoms with van der Waals surface area (Å²) in [5.41, 5.74) is 3.35. The number of nitrogens with one attached hydrogen (secondary N) is 2. The molecule has 0 fully saturated rings. The van der Waals surface area contributed by atoms with Gasteiger partial charge < -0.3 is 15.2 Å². The average Bonchev–Trinajstić information content (AvgIpc) is 2.84. The highest BCUT2D eigenvalue weighted by atomic mass is 35.5. The van der Waals surface area contributed by atoms with Crippen molar-refractivity contribution in [2.45, 2.75) is 49.7 Å². The summed E-state index contributed by atoms with van der Waals surface area (Å²) in [5, 5.41) is 14.2. The third-order valence-corrected chi connectivity index (χ3v) is 7.77. The number of ether oxygens (including phenoxy) is 1. The molecule has 6 nitrogen and oxygen atoms in total. The molecule has 1 aliphatic heterocycles. The van der Waals surface area contributed by atoms with Crippen LogP contribution in [0.1, 0.15) is 49.0 Å². The van der Waals surface area contributed by atoms with E-state index in [9.17, 15) is 13.5 Å². The number of anilines is 1. The molecule has 4 rings (SSSR count). The first-order valence-corrected chi connectivity index (χ1v) is 13.6. The number of benzene rings is 3. The molecule has 0 saturated carbocycles. The van der Waals surface area contributed by atoms with Crippen molar-refractivity contribution in [2.24, 2.45) is 0 Å². The largest absolute Gasteiger partial charge is 0.489 e. The van der Waals surface area contributed by atoms with E-state index in [4.69, 9.17) is 16.3 Å². The highest BCUT2D eigenvalue weighted by Crippen LogP contribution is 2.31. The van der Waals surface area contributed by atoms with Gasteiger partial charge in [0.2, 0.25) is 0 Å². The summed E-state index contributed by atoms with van der Waals surface area (Å²) < 4.78 is 34.4. The fourth-order valence-corrected chi connectivity index (χ4v) is 5.36. The Balaban J connectivity index is 1.32. The number of aliphatic hydroxyl groups excluding tert-OH is 1. The van der Waals surface area contributed by atoms with Crippen LogP contribution in [0.5, 0.6) is 5.75 Å². The molecule has 0 bridgehead atoms. The Hall–Kier alpha value is -2.58. The molecule has 0 aliphatic carbocycles. The second kappa shape index (κ2) is 11.0. The molecular formula is C27H31ClN2O4S. The van der Waals surface area contributed by atoms with Crippen LogP contribution in [-0.4, -0.2) is 32.7 Å². The quantitative estimate of drug-likeness (QED) is 0.361. The molecule has 3 aromatic rings. The van der Waals surface area contributed by atoms with Gasteiger partial charge in [-0.15, -0.1) is 0 Å². The lowest BCUT2D eigenvalue weighted by atomic mass is 10.0. The number of aliphatic hydroxyl groups is 1. The van der Waals surface area contributed by atoms with E-state index in [1.807, 2.05) is 36.4 Å². The highest BCUT2D eigenvalue weighted by molar-refractivity contribution is 7.92. The fourth-order valence-electron chi connectivity index (χ4n) is 4.11. The van der Waals surface area contributed by atoms with Crippen LogP contribution < -0.4 is 14.8 Å². The Kier molecular flexibility index (Phi) is 8.02. The van der Waals surface area contributed by atoms with E-state index >= 15 is 0 Å². The number of aryl methyl sites for hydroxylation is 1. The lowest BCUT2D eigenvalue weighted by Crippen LogP contribution is -2.36. The van der Waals surface area contributed by atoms with Crippen LogP contribution in [0.3, 0.4) is 0 Å². The summed E-state index contributed by atoms with van der Waals surface area (Å²) >= 11 is 6.00. The molecule has 35 heavy (non-hydrogen) atoms. The Labute approximate surface area is 212 Å². The monoisotopic (exact) mass is 514 g/mol. The van der Waals surface area contributed by atoms with Crippen LogP contribution in [0.4, 0.5) is 5.69 Å². The van der Waals surface area contributed by atoms with Crippen LogP contribution >= 0.6 is 11.6 Å². The van der Waals surface area contributed by atoms with E-state index in [1.54, 1.807) is 30.3 Å². The summed E-state index contributed by atoms with van der Waals surface area (Å²) in [7, 11) is -3.67. The van der Waals surface area contributed by atoms with Crippen molar-refractivity contribution in [3.05, 3.63) is 88.4 Å². The fraction of sp³-hybridized carbons (Fsp3) is 0.333. The van der Waals surface area contributed by atoms with Crippen LogP contribution in [0.25, 0.3) is 0 Å². The van der Waals surface area contributed by atoms with Crippen LogP contribution in [0.2, 0.25) is 5.02 Å². The van der Waals surface area contributed by atoms with Gasteiger partial charge in [-0.1, -0.05) is 49.7 Å². The topological polar surface area (TPSA) is 87.7 Å². The first-order valence-electron chi connectivity index (χ1n) is 11.8. The van der Waals surface area contributed by atoms with Gasteiger partial charge in [-0.2, -0.15) is 0 Å². The predicted octanol–water partition coefficient (Wildman–Crippen LogP) is 5.28. The molecule has 1 aliphatic rings. The molecule has 0 radical (unpaired) electrons. The molecule has 2 unspecified atom stereocenters. The molecule has 3 aromatic carbocycles. The van der Waals surface area contributed by atoms with E-state index in [0.717, 1.165) is 35.3 Å². The van der Waals surface area contributed by atoms with Crippen LogP contribution in [0.15, 0.2) is 71.6 Å². The lowest BCUT2D eigenvalue weighted by Gasteiger charge is -2.27. The number of rotatable bonds is 9. The van der Waals surface area contributed by atoms with Gasteiger partial charge in [0.15, 0.2) is 0 Å². The Morgan fingerprint density at radius 3 is 2.54 bits per heavy atom. The SMILES string of the molecule is CC(C)c1ccc(S(=O)(=O)Nc2ccc3c(c2)CCC(CNCC(O)c2cccc(Cl)c2)O3)cc1. The van der Waals surface area contributed by atoms with E-state index in [-0.39, 0.29) is 11.0 Å². The zero-order chi connectivity index (χ0) is 25.0. The average molecular weight is 515 g/mol. The molecule has 186 valence electrons. The Bertz CT molecular complexity index is 1260. The summed E-state index contributed by atoms with van der Waals surface area (Å²) in [5.74, 6) is 1.09. The van der Waals surface area contributed by atoms with Crippen molar-refractivity contribution in [3.63, 3.8) is 0 Å². The van der Waals surface area contributed by atoms with Gasteiger partial charge in [0.05, 0.1) is 11.0 Å². The Morgan fingerprint density at radius 1 is 1.06 bits per heavy atom. The predicted molar refractivity (Wildman–Crippen MR) is 140 cm³/mol. The van der Waals surface area contributed by atoms with Crippen molar-refractivity contribution >= 4 is 27.3 Å². The number of halogens is 1. The van der Waals surface area contributed by atoms with Gasteiger partial charge in [-0.25, -0.2) is 8.42 Å². The molecule has 0 spiro atoms. The number of sulfonamides is 1. The molecule has 0 aromatic heterocycles. The normalized spacial score (nSPS) is 16.4. The van der Waals surface area contributed by atoms with Gasteiger partial charge in [0.1, 0.15) is 11.9 Å². The maximum Gasteiger partial charge on any atom is 0.261 e. The lowest BCUT2D eigenvalue weighted by molar-refractivity contribution is 0.146. The maximum atomic E-state index is 12.8. The van der Waals surface area contributed by atoms with E-state index in [1.165, 1.54) is 0 Å². The standard InChI is InChI=1S/C27H31ClN2O4S/c1-18(2)19-7-11-25(12-8-19)35(32,33)30-23-9-13-27-21(15-23)6-10-24(34-27)16-29-17-26(31)20-4-3-5-22(28)14-20/h3-5,7-9,11-15,18,24,26,29-31H,6,10,16-17H2,1-2H3.